The van der Waals surface area contributed by atoms with Crippen LogP contribution in [0.2, 0.25) is 5.02 Å². The highest BCUT2D eigenvalue weighted by molar-refractivity contribution is 7.13. The number of ether oxygens (including phenoxy) is 2. The van der Waals surface area contributed by atoms with E-state index >= 15 is 0 Å². The second-order valence-electron chi connectivity index (χ2n) is 7.48. The number of aromatic nitrogens is 2. The highest BCUT2D eigenvalue weighted by Gasteiger charge is 2.32. The predicted molar refractivity (Wildman–Crippen MR) is 122 cm³/mol. The van der Waals surface area contributed by atoms with E-state index in [-0.39, 0.29) is 5.02 Å². The molecule has 0 atom stereocenters. The Kier molecular flexibility index (Phi) is 6.96. The Hall–Kier alpha value is -2.56. The van der Waals surface area contributed by atoms with Gasteiger partial charge in [0.15, 0.2) is 11.5 Å². The first-order valence-electron chi connectivity index (χ1n) is 10.2. The molecule has 0 aliphatic carbocycles. The molecule has 1 aromatic carbocycles. The van der Waals surface area contributed by atoms with Gasteiger partial charge in [-0.3, -0.25) is 4.90 Å². The maximum Gasteiger partial charge on any atom is 0.417 e. The average molecular weight is 499 g/mol. The summed E-state index contributed by atoms with van der Waals surface area (Å²) in [6.07, 6.45) is -3.63. The van der Waals surface area contributed by atoms with Crippen molar-refractivity contribution in [2.75, 3.05) is 45.3 Å². The normalized spacial score (nSPS) is 15.0. The van der Waals surface area contributed by atoms with Gasteiger partial charge in [0.25, 0.3) is 0 Å². The van der Waals surface area contributed by atoms with Crippen LogP contribution in [0.1, 0.15) is 11.3 Å². The van der Waals surface area contributed by atoms with Crippen LogP contribution < -0.4 is 14.4 Å². The lowest BCUT2D eigenvalue weighted by molar-refractivity contribution is -0.137. The summed E-state index contributed by atoms with van der Waals surface area (Å²) < 4.78 is 49.5. The van der Waals surface area contributed by atoms with Crippen molar-refractivity contribution < 1.29 is 22.6 Å². The molecular formula is C22H22ClF3N4O2S. The number of thiazole rings is 1. The Bertz CT molecular complexity index is 1120. The maximum absolute atomic E-state index is 12.9. The van der Waals surface area contributed by atoms with Crippen LogP contribution >= 0.6 is 22.9 Å². The third kappa shape index (κ3) is 5.18. The van der Waals surface area contributed by atoms with Gasteiger partial charge in [-0.05, 0) is 18.2 Å². The van der Waals surface area contributed by atoms with Crippen LogP contribution in [0.4, 0.5) is 19.0 Å². The lowest BCUT2D eigenvalue weighted by Gasteiger charge is -2.35. The summed E-state index contributed by atoms with van der Waals surface area (Å²) in [4.78, 5) is 12.9. The van der Waals surface area contributed by atoms with Gasteiger partial charge in [0.1, 0.15) is 10.8 Å². The summed E-state index contributed by atoms with van der Waals surface area (Å²) >= 11 is 7.64. The maximum atomic E-state index is 12.9. The van der Waals surface area contributed by atoms with Gasteiger partial charge in [0, 0.05) is 44.3 Å². The quantitative estimate of drug-likeness (QED) is 0.464. The summed E-state index contributed by atoms with van der Waals surface area (Å²) in [6, 6.07) is 6.62. The van der Waals surface area contributed by atoms with E-state index in [9.17, 15) is 13.2 Å². The van der Waals surface area contributed by atoms with E-state index in [1.807, 2.05) is 28.5 Å². The van der Waals surface area contributed by atoms with E-state index < -0.39 is 11.7 Å². The Labute approximate surface area is 198 Å². The van der Waals surface area contributed by atoms with Gasteiger partial charge in [-0.2, -0.15) is 13.2 Å². The number of rotatable bonds is 6. The highest BCUT2D eigenvalue weighted by atomic mass is 35.5. The number of alkyl halides is 3. The number of methoxy groups -OCH3 is 2. The van der Waals surface area contributed by atoms with Crippen LogP contribution in [0.15, 0.2) is 35.8 Å². The van der Waals surface area contributed by atoms with Gasteiger partial charge >= 0.3 is 6.18 Å². The Balaban J connectivity index is 1.39. The molecule has 1 saturated heterocycles. The molecule has 0 saturated carbocycles. The summed E-state index contributed by atoms with van der Waals surface area (Å²) in [5, 5.41) is 2.88. The largest absolute Gasteiger partial charge is 0.493 e. The van der Waals surface area contributed by atoms with Crippen LogP contribution in [0.3, 0.4) is 0 Å². The molecule has 0 amide bonds. The van der Waals surface area contributed by atoms with E-state index in [0.29, 0.717) is 50.0 Å². The number of pyridine rings is 1. The number of hydrogen-bond acceptors (Lipinski definition) is 7. The first kappa shape index (κ1) is 23.6. The minimum absolute atomic E-state index is 0.00894. The van der Waals surface area contributed by atoms with Gasteiger partial charge in [0.05, 0.1) is 36.1 Å². The zero-order chi connectivity index (χ0) is 23.6. The van der Waals surface area contributed by atoms with Gasteiger partial charge in [-0.15, -0.1) is 11.3 Å². The second-order valence-corrected chi connectivity index (χ2v) is 8.74. The van der Waals surface area contributed by atoms with Crippen LogP contribution in [0.25, 0.3) is 10.6 Å². The van der Waals surface area contributed by atoms with Gasteiger partial charge in [0.2, 0.25) is 0 Å². The lowest BCUT2D eigenvalue weighted by atomic mass is 10.2. The first-order chi connectivity index (χ1) is 15.8. The zero-order valence-corrected chi connectivity index (χ0v) is 19.6. The molecule has 33 heavy (non-hydrogen) atoms. The third-order valence-corrected chi connectivity index (χ3v) is 6.59. The topological polar surface area (TPSA) is 50.7 Å². The fourth-order valence-corrected chi connectivity index (χ4v) is 4.84. The van der Waals surface area contributed by atoms with Crippen LogP contribution in [0, 0.1) is 0 Å². The van der Waals surface area contributed by atoms with E-state index in [1.54, 1.807) is 14.2 Å². The number of piperazine rings is 1. The molecule has 0 unspecified atom stereocenters. The number of para-hydroxylation sites is 1. The molecule has 3 aromatic rings. The molecule has 0 N–H and O–H groups in total. The molecular weight excluding hydrogens is 477 g/mol. The number of nitrogens with zero attached hydrogens (tertiary/aromatic N) is 4. The van der Waals surface area contributed by atoms with Crippen molar-refractivity contribution in [2.45, 2.75) is 12.7 Å². The SMILES string of the molecule is COc1cccc(-c2nc(CN3CCN(c4ncc(C(F)(F)F)cc4Cl)CC3)cs2)c1OC. The minimum atomic E-state index is -4.46. The monoisotopic (exact) mass is 498 g/mol. The summed E-state index contributed by atoms with van der Waals surface area (Å²) in [5.41, 5.74) is 0.974. The summed E-state index contributed by atoms with van der Waals surface area (Å²) in [5.74, 6) is 1.68. The second kappa shape index (κ2) is 9.74. The van der Waals surface area contributed by atoms with Crippen LogP contribution in [0.5, 0.6) is 11.5 Å². The molecule has 0 radical (unpaired) electrons. The molecule has 1 aliphatic rings. The molecule has 4 rings (SSSR count). The fourth-order valence-electron chi connectivity index (χ4n) is 3.72. The molecule has 1 aliphatic heterocycles. The van der Waals surface area contributed by atoms with E-state index in [4.69, 9.17) is 26.1 Å². The number of benzene rings is 1. The van der Waals surface area contributed by atoms with Crippen molar-refractivity contribution in [1.29, 1.82) is 0 Å². The van der Waals surface area contributed by atoms with Crippen molar-refractivity contribution in [3.8, 4) is 22.1 Å². The van der Waals surface area contributed by atoms with E-state index in [0.717, 1.165) is 28.5 Å². The fraction of sp³-hybridized carbons (Fsp3) is 0.364. The Morgan fingerprint density at radius 2 is 1.88 bits per heavy atom. The van der Waals surface area contributed by atoms with Crippen molar-refractivity contribution in [2.24, 2.45) is 0 Å². The Morgan fingerprint density at radius 3 is 2.52 bits per heavy atom. The number of anilines is 1. The smallest absolute Gasteiger partial charge is 0.417 e. The molecule has 0 bridgehead atoms. The summed E-state index contributed by atoms with van der Waals surface area (Å²) in [7, 11) is 3.20. The van der Waals surface area contributed by atoms with Gasteiger partial charge < -0.3 is 14.4 Å². The summed E-state index contributed by atoms with van der Waals surface area (Å²) in [6.45, 7) is 3.32. The van der Waals surface area contributed by atoms with Gasteiger partial charge in [-0.1, -0.05) is 17.7 Å². The molecule has 0 spiro atoms. The van der Waals surface area contributed by atoms with Crippen LogP contribution in [-0.4, -0.2) is 55.3 Å². The molecule has 1 fully saturated rings. The molecule has 176 valence electrons. The van der Waals surface area contributed by atoms with Crippen molar-refractivity contribution in [3.05, 3.63) is 52.1 Å². The van der Waals surface area contributed by atoms with E-state index in [2.05, 4.69) is 9.88 Å². The predicted octanol–water partition coefficient (Wildman–Crippen LogP) is 5.22. The molecule has 6 nitrogen and oxygen atoms in total. The average Bonchev–Trinajstić information content (AvgIpc) is 3.26. The molecule has 3 heterocycles. The third-order valence-electron chi connectivity index (χ3n) is 5.39. The number of halogens is 4. The van der Waals surface area contributed by atoms with E-state index in [1.165, 1.54) is 11.3 Å². The van der Waals surface area contributed by atoms with Crippen molar-refractivity contribution in [1.82, 2.24) is 14.9 Å². The lowest BCUT2D eigenvalue weighted by Crippen LogP contribution is -2.46. The van der Waals surface area contributed by atoms with Crippen molar-refractivity contribution in [3.63, 3.8) is 0 Å². The molecule has 11 heteroatoms. The van der Waals surface area contributed by atoms with Gasteiger partial charge in [-0.25, -0.2) is 9.97 Å². The first-order valence-corrected chi connectivity index (χ1v) is 11.4. The highest BCUT2D eigenvalue weighted by Crippen LogP contribution is 2.39. The van der Waals surface area contributed by atoms with Crippen molar-refractivity contribution >= 4 is 28.8 Å². The standard InChI is InChI=1S/C22H22ClF3N4O2S/c1-31-18-5-3-4-16(19(18)32-2)21-28-15(13-33-21)12-29-6-8-30(9-7-29)20-17(23)10-14(11-27-20)22(24,25)26/h3-5,10-11,13H,6-9,12H2,1-2H3. The molecule has 2 aromatic heterocycles. The zero-order valence-electron chi connectivity index (χ0n) is 18.0. The minimum Gasteiger partial charge on any atom is -0.493 e. The van der Waals surface area contributed by atoms with Crippen LogP contribution in [-0.2, 0) is 12.7 Å². The number of hydrogen-bond donors (Lipinski definition) is 0. The Morgan fingerprint density at radius 1 is 1.12 bits per heavy atom.